The van der Waals surface area contributed by atoms with Crippen molar-refractivity contribution < 1.29 is 0 Å². The van der Waals surface area contributed by atoms with Gasteiger partial charge in [-0.1, -0.05) is 18.2 Å². The number of rotatable bonds is 2. The summed E-state index contributed by atoms with van der Waals surface area (Å²) in [5.74, 6) is 0. The molecule has 0 aliphatic rings. The summed E-state index contributed by atoms with van der Waals surface area (Å²) in [4.78, 5) is 0. The first-order valence-electron chi connectivity index (χ1n) is 4.19. The van der Waals surface area contributed by atoms with Crippen molar-refractivity contribution in [2.75, 3.05) is 5.32 Å². The maximum Gasteiger partial charge on any atom is 0.0412 e. The molecule has 1 nitrogen and oxygen atoms in total. The Hall–Kier alpha value is -1.24. The predicted octanol–water partition coefficient (Wildman–Crippen LogP) is 3.25. The third-order valence-electron chi connectivity index (χ3n) is 2.01. The number of benzene rings is 1. The minimum absolute atomic E-state index is 1.19. The molecule has 0 amide bonds. The van der Waals surface area contributed by atoms with Gasteiger partial charge in [-0.3, -0.25) is 0 Å². The lowest BCUT2D eigenvalue weighted by Crippen LogP contribution is -1.91. The second-order valence-electron chi connectivity index (χ2n) is 2.89. The minimum Gasteiger partial charge on any atom is -0.362 e. The molecule has 0 radical (unpaired) electrons. The van der Waals surface area contributed by atoms with E-state index in [2.05, 4.69) is 37.4 Å². The molecule has 64 valence electrons. The Balaban J connectivity index is 2.92. The zero-order chi connectivity index (χ0) is 8.97. The van der Waals surface area contributed by atoms with Crippen LogP contribution in [0.3, 0.4) is 0 Å². The average molecular weight is 161 g/mol. The average Bonchev–Trinajstić information content (AvgIpc) is 2.08. The van der Waals surface area contributed by atoms with Gasteiger partial charge in [0.1, 0.15) is 0 Å². The highest BCUT2D eigenvalue weighted by Gasteiger charge is 1.96. The van der Waals surface area contributed by atoms with E-state index in [1.54, 1.807) is 0 Å². The maximum atomic E-state index is 3.22. The van der Waals surface area contributed by atoms with Crippen LogP contribution in [0.2, 0.25) is 0 Å². The molecule has 0 bridgehead atoms. The molecule has 1 aromatic carbocycles. The highest BCUT2D eigenvalue weighted by atomic mass is 14.8. The van der Waals surface area contributed by atoms with Crippen molar-refractivity contribution in [3.8, 4) is 0 Å². The molecule has 0 aliphatic heterocycles. The van der Waals surface area contributed by atoms with Crippen LogP contribution >= 0.6 is 0 Å². The molecule has 0 heterocycles. The van der Waals surface area contributed by atoms with Gasteiger partial charge in [-0.15, -0.1) is 0 Å². The van der Waals surface area contributed by atoms with Crippen molar-refractivity contribution in [2.45, 2.75) is 20.8 Å². The van der Waals surface area contributed by atoms with Gasteiger partial charge in [0.05, 0.1) is 0 Å². The Morgan fingerprint density at radius 2 is 2.00 bits per heavy atom. The van der Waals surface area contributed by atoms with E-state index >= 15 is 0 Å². The van der Waals surface area contributed by atoms with Crippen molar-refractivity contribution in [3.63, 3.8) is 0 Å². The van der Waals surface area contributed by atoms with Gasteiger partial charge in [0.25, 0.3) is 0 Å². The van der Waals surface area contributed by atoms with Gasteiger partial charge in [0, 0.05) is 5.69 Å². The fourth-order valence-corrected chi connectivity index (χ4v) is 1.08. The fourth-order valence-electron chi connectivity index (χ4n) is 1.08. The van der Waals surface area contributed by atoms with Gasteiger partial charge in [-0.25, -0.2) is 0 Å². The number of hydrogen-bond acceptors (Lipinski definition) is 1. The Labute approximate surface area is 74.1 Å². The molecule has 0 spiro atoms. The summed E-state index contributed by atoms with van der Waals surface area (Å²) in [6, 6.07) is 6.27. The highest BCUT2D eigenvalue weighted by Crippen LogP contribution is 2.17. The van der Waals surface area contributed by atoms with Crippen LogP contribution in [0.4, 0.5) is 5.69 Å². The molecule has 0 unspecified atom stereocenters. The number of aryl methyl sites for hydroxylation is 1. The predicted molar refractivity (Wildman–Crippen MR) is 54.4 cm³/mol. The first-order chi connectivity index (χ1) is 5.75. The van der Waals surface area contributed by atoms with Crippen LogP contribution < -0.4 is 5.32 Å². The summed E-state index contributed by atoms with van der Waals surface area (Å²) in [5, 5.41) is 3.22. The lowest BCUT2D eigenvalue weighted by atomic mass is 10.1. The lowest BCUT2D eigenvalue weighted by molar-refractivity contribution is 1.33. The molecular formula is C11H15N. The summed E-state index contributed by atoms with van der Waals surface area (Å²) >= 11 is 0. The van der Waals surface area contributed by atoms with Crippen molar-refractivity contribution in [2.24, 2.45) is 0 Å². The fraction of sp³-hybridized carbons (Fsp3) is 0.273. The van der Waals surface area contributed by atoms with Crippen molar-refractivity contribution in [3.05, 3.63) is 41.6 Å². The molecule has 0 aliphatic carbocycles. The lowest BCUT2D eigenvalue weighted by Gasteiger charge is -2.07. The van der Waals surface area contributed by atoms with Crippen molar-refractivity contribution in [1.29, 1.82) is 0 Å². The van der Waals surface area contributed by atoms with Crippen LogP contribution in [-0.4, -0.2) is 0 Å². The number of allylic oxidation sites excluding steroid dienone is 1. The summed E-state index contributed by atoms with van der Waals surface area (Å²) in [6.45, 7) is 6.25. The molecule has 0 saturated carbocycles. The van der Waals surface area contributed by atoms with Crippen molar-refractivity contribution >= 4 is 5.69 Å². The zero-order valence-electron chi connectivity index (χ0n) is 7.89. The second kappa shape index (κ2) is 3.96. The monoisotopic (exact) mass is 161 g/mol. The maximum absolute atomic E-state index is 3.22. The van der Waals surface area contributed by atoms with E-state index in [1.165, 1.54) is 16.8 Å². The largest absolute Gasteiger partial charge is 0.362 e. The first kappa shape index (κ1) is 8.85. The summed E-state index contributed by atoms with van der Waals surface area (Å²) < 4.78 is 0. The Kier molecular flexibility index (Phi) is 2.92. The molecule has 1 aromatic rings. The summed E-state index contributed by atoms with van der Waals surface area (Å²) in [5.41, 5.74) is 3.83. The Bertz CT molecular complexity index is 287. The molecule has 0 saturated heterocycles. The minimum atomic E-state index is 1.19. The van der Waals surface area contributed by atoms with E-state index in [0.717, 1.165) is 0 Å². The van der Waals surface area contributed by atoms with Crippen LogP contribution in [0, 0.1) is 13.8 Å². The third kappa shape index (κ3) is 1.88. The Morgan fingerprint density at radius 3 is 2.67 bits per heavy atom. The van der Waals surface area contributed by atoms with Crippen molar-refractivity contribution in [1.82, 2.24) is 0 Å². The highest BCUT2D eigenvalue weighted by molar-refractivity contribution is 5.55. The quantitative estimate of drug-likeness (QED) is 0.702. The van der Waals surface area contributed by atoms with Gasteiger partial charge < -0.3 is 5.32 Å². The van der Waals surface area contributed by atoms with E-state index in [9.17, 15) is 0 Å². The van der Waals surface area contributed by atoms with Crippen LogP contribution in [0.1, 0.15) is 18.1 Å². The smallest absolute Gasteiger partial charge is 0.0412 e. The van der Waals surface area contributed by atoms with E-state index in [4.69, 9.17) is 0 Å². The number of nitrogens with one attached hydrogen (secondary N) is 1. The third-order valence-corrected chi connectivity index (χ3v) is 2.01. The molecule has 0 aromatic heterocycles. The standard InChI is InChI=1S/C11H15N/c1-4-8-12-11-7-5-6-9(2)10(11)3/h4-8,12H,1-3H3/b8-4-. The normalized spacial score (nSPS) is 10.6. The molecule has 1 N–H and O–H groups in total. The van der Waals surface area contributed by atoms with Gasteiger partial charge >= 0.3 is 0 Å². The van der Waals surface area contributed by atoms with E-state index in [-0.39, 0.29) is 0 Å². The van der Waals surface area contributed by atoms with Crippen LogP contribution in [-0.2, 0) is 0 Å². The van der Waals surface area contributed by atoms with Gasteiger partial charge in [0.2, 0.25) is 0 Å². The van der Waals surface area contributed by atoms with E-state index in [0.29, 0.717) is 0 Å². The summed E-state index contributed by atoms with van der Waals surface area (Å²) in [6.07, 6.45) is 3.93. The van der Waals surface area contributed by atoms with Crippen LogP contribution in [0.15, 0.2) is 30.5 Å². The van der Waals surface area contributed by atoms with Gasteiger partial charge in [-0.2, -0.15) is 0 Å². The molecule has 12 heavy (non-hydrogen) atoms. The van der Waals surface area contributed by atoms with Gasteiger partial charge in [0.15, 0.2) is 0 Å². The second-order valence-corrected chi connectivity index (χ2v) is 2.89. The molecule has 1 heteroatoms. The molecule has 0 atom stereocenters. The SMILES string of the molecule is C/C=C\Nc1cccc(C)c1C. The van der Waals surface area contributed by atoms with Crippen LogP contribution in [0.25, 0.3) is 0 Å². The first-order valence-corrected chi connectivity index (χ1v) is 4.19. The van der Waals surface area contributed by atoms with Crippen LogP contribution in [0.5, 0.6) is 0 Å². The molecule has 0 fully saturated rings. The zero-order valence-corrected chi connectivity index (χ0v) is 7.89. The number of hydrogen-bond donors (Lipinski definition) is 1. The van der Waals surface area contributed by atoms with E-state index in [1.807, 2.05) is 19.2 Å². The molecular weight excluding hydrogens is 146 g/mol. The van der Waals surface area contributed by atoms with E-state index < -0.39 is 0 Å². The molecule has 1 rings (SSSR count). The topological polar surface area (TPSA) is 12.0 Å². The Morgan fingerprint density at radius 1 is 1.25 bits per heavy atom. The van der Waals surface area contributed by atoms with Gasteiger partial charge in [-0.05, 0) is 44.2 Å². The number of anilines is 1. The summed E-state index contributed by atoms with van der Waals surface area (Å²) in [7, 11) is 0.